The van der Waals surface area contributed by atoms with Crippen LogP contribution in [0.2, 0.25) is 0 Å². The topological polar surface area (TPSA) is 76.2 Å². The van der Waals surface area contributed by atoms with Gasteiger partial charge < -0.3 is 19.8 Å². The van der Waals surface area contributed by atoms with Crippen molar-refractivity contribution in [1.82, 2.24) is 15.3 Å². The van der Waals surface area contributed by atoms with Gasteiger partial charge in [0.2, 0.25) is 0 Å². The molecule has 4 rings (SSSR count). The van der Waals surface area contributed by atoms with E-state index in [9.17, 15) is 4.79 Å². The lowest BCUT2D eigenvalue weighted by atomic mass is 9.97. The standard InChI is InChI=1S/C24H22BrN3O3/c1-3-31-21-13-17(11-18(25)23(21)30-2)24(29)28-22(15-7-5-4-6-8-15)16-9-10-19-20(12-16)27-14-26-19/h4-14,22H,3H2,1-2H3,(H,26,27)(H,28,29). The molecule has 7 heteroatoms. The molecule has 0 aliphatic heterocycles. The highest BCUT2D eigenvalue weighted by atomic mass is 79.9. The second kappa shape index (κ2) is 9.22. The first-order valence-electron chi connectivity index (χ1n) is 9.90. The molecule has 31 heavy (non-hydrogen) atoms. The Morgan fingerprint density at radius 1 is 1.13 bits per heavy atom. The van der Waals surface area contributed by atoms with Gasteiger partial charge in [-0.25, -0.2) is 4.98 Å². The summed E-state index contributed by atoms with van der Waals surface area (Å²) >= 11 is 3.48. The molecule has 0 spiro atoms. The lowest BCUT2D eigenvalue weighted by Gasteiger charge is -2.21. The lowest BCUT2D eigenvalue weighted by molar-refractivity contribution is 0.0942. The first-order chi connectivity index (χ1) is 15.1. The summed E-state index contributed by atoms with van der Waals surface area (Å²) in [5.41, 5.74) is 4.20. The first-order valence-corrected chi connectivity index (χ1v) is 10.7. The Kier molecular flexibility index (Phi) is 6.23. The lowest BCUT2D eigenvalue weighted by Crippen LogP contribution is -2.29. The smallest absolute Gasteiger partial charge is 0.252 e. The third-order valence-electron chi connectivity index (χ3n) is 4.96. The van der Waals surface area contributed by atoms with Gasteiger partial charge in [0.1, 0.15) is 0 Å². The number of aromatic amines is 1. The third kappa shape index (κ3) is 4.41. The Morgan fingerprint density at radius 3 is 2.68 bits per heavy atom. The molecule has 2 N–H and O–H groups in total. The summed E-state index contributed by atoms with van der Waals surface area (Å²) in [7, 11) is 1.57. The van der Waals surface area contributed by atoms with Crippen LogP contribution in [-0.2, 0) is 0 Å². The Hall–Kier alpha value is -3.32. The zero-order valence-corrected chi connectivity index (χ0v) is 18.8. The summed E-state index contributed by atoms with van der Waals surface area (Å²) in [6.45, 7) is 2.35. The molecule has 158 valence electrons. The van der Waals surface area contributed by atoms with Gasteiger partial charge in [-0.15, -0.1) is 0 Å². The van der Waals surface area contributed by atoms with Crippen molar-refractivity contribution >= 4 is 32.9 Å². The van der Waals surface area contributed by atoms with Gasteiger partial charge in [-0.2, -0.15) is 0 Å². The zero-order chi connectivity index (χ0) is 21.8. The molecule has 0 radical (unpaired) electrons. The van der Waals surface area contributed by atoms with Gasteiger partial charge >= 0.3 is 0 Å². The van der Waals surface area contributed by atoms with E-state index < -0.39 is 0 Å². The monoisotopic (exact) mass is 479 g/mol. The molecule has 0 fully saturated rings. The van der Waals surface area contributed by atoms with Crippen molar-refractivity contribution in [3.63, 3.8) is 0 Å². The van der Waals surface area contributed by atoms with E-state index in [-0.39, 0.29) is 11.9 Å². The fraction of sp³-hybridized carbons (Fsp3) is 0.167. The van der Waals surface area contributed by atoms with Crippen molar-refractivity contribution in [2.75, 3.05) is 13.7 Å². The number of methoxy groups -OCH3 is 1. The van der Waals surface area contributed by atoms with Crippen LogP contribution < -0.4 is 14.8 Å². The Morgan fingerprint density at radius 2 is 1.94 bits per heavy atom. The minimum atomic E-state index is -0.335. The van der Waals surface area contributed by atoms with Crippen molar-refractivity contribution < 1.29 is 14.3 Å². The van der Waals surface area contributed by atoms with Crippen LogP contribution in [0.1, 0.15) is 34.5 Å². The minimum absolute atomic E-state index is 0.220. The number of rotatable bonds is 7. The summed E-state index contributed by atoms with van der Waals surface area (Å²) in [5, 5.41) is 3.17. The number of imidazole rings is 1. The number of carbonyl (C=O) groups is 1. The molecule has 1 atom stereocenters. The highest BCUT2D eigenvalue weighted by Gasteiger charge is 2.21. The summed E-state index contributed by atoms with van der Waals surface area (Å²) in [6.07, 6.45) is 1.66. The highest BCUT2D eigenvalue weighted by molar-refractivity contribution is 9.10. The number of nitrogens with one attached hydrogen (secondary N) is 2. The molecule has 4 aromatic rings. The molecule has 1 unspecified atom stereocenters. The molecule has 0 aliphatic carbocycles. The highest BCUT2D eigenvalue weighted by Crippen LogP contribution is 2.37. The Labute approximate surface area is 188 Å². The van der Waals surface area contributed by atoms with Crippen molar-refractivity contribution in [2.24, 2.45) is 0 Å². The fourth-order valence-corrected chi connectivity index (χ4v) is 4.12. The second-order valence-corrected chi connectivity index (χ2v) is 7.77. The molecule has 3 aromatic carbocycles. The normalized spacial score (nSPS) is 11.8. The number of carbonyl (C=O) groups excluding carboxylic acids is 1. The van der Waals surface area contributed by atoms with E-state index in [0.29, 0.717) is 28.1 Å². The van der Waals surface area contributed by atoms with Gasteiger partial charge in [0, 0.05) is 5.56 Å². The van der Waals surface area contributed by atoms with Crippen LogP contribution in [0.4, 0.5) is 0 Å². The van der Waals surface area contributed by atoms with Gasteiger partial charge in [0.25, 0.3) is 5.91 Å². The van der Waals surface area contributed by atoms with Crippen LogP contribution in [0.5, 0.6) is 11.5 Å². The number of H-pyrrole nitrogens is 1. The fourth-order valence-electron chi connectivity index (χ4n) is 3.51. The number of fused-ring (bicyclic) bond motifs is 1. The Bertz CT molecular complexity index is 1210. The number of aromatic nitrogens is 2. The second-order valence-electron chi connectivity index (χ2n) is 6.92. The van der Waals surface area contributed by atoms with Gasteiger partial charge in [-0.05, 0) is 58.2 Å². The number of ether oxygens (including phenoxy) is 2. The minimum Gasteiger partial charge on any atom is -0.492 e. The molecule has 0 saturated carbocycles. The van der Waals surface area contributed by atoms with Gasteiger partial charge in [0.05, 0.1) is 41.6 Å². The summed E-state index contributed by atoms with van der Waals surface area (Å²) in [4.78, 5) is 20.7. The van der Waals surface area contributed by atoms with Crippen LogP contribution in [0.25, 0.3) is 11.0 Å². The SMILES string of the molecule is CCOc1cc(C(=O)NC(c2ccccc2)c2ccc3nc[nH]c3c2)cc(Br)c1OC. The van der Waals surface area contributed by atoms with E-state index in [1.165, 1.54) is 0 Å². The average molecular weight is 480 g/mol. The first kappa shape index (κ1) is 20.9. The van der Waals surface area contributed by atoms with Crippen molar-refractivity contribution in [3.8, 4) is 11.5 Å². The van der Waals surface area contributed by atoms with Gasteiger partial charge in [-0.1, -0.05) is 36.4 Å². The predicted octanol–water partition coefficient (Wildman–Crippen LogP) is 5.25. The quantitative estimate of drug-likeness (QED) is 0.379. The molecule has 0 aliphatic rings. The van der Waals surface area contributed by atoms with Crippen molar-refractivity contribution in [3.05, 3.63) is 88.2 Å². The van der Waals surface area contributed by atoms with Crippen LogP contribution >= 0.6 is 15.9 Å². The van der Waals surface area contributed by atoms with Crippen molar-refractivity contribution in [2.45, 2.75) is 13.0 Å². The van der Waals surface area contributed by atoms with Gasteiger partial charge in [0.15, 0.2) is 11.5 Å². The molecule has 1 heterocycles. The maximum Gasteiger partial charge on any atom is 0.252 e. The van der Waals surface area contributed by atoms with E-state index in [1.54, 1.807) is 25.6 Å². The maximum atomic E-state index is 13.3. The molecule has 1 amide bonds. The van der Waals surface area contributed by atoms with E-state index >= 15 is 0 Å². The molecular formula is C24H22BrN3O3. The predicted molar refractivity (Wildman–Crippen MR) is 124 cm³/mol. The number of amides is 1. The molecule has 0 bridgehead atoms. The van der Waals surface area contributed by atoms with Gasteiger partial charge in [-0.3, -0.25) is 4.79 Å². The van der Waals surface area contributed by atoms with E-state index in [4.69, 9.17) is 9.47 Å². The number of benzene rings is 3. The van der Waals surface area contributed by atoms with Crippen molar-refractivity contribution in [1.29, 1.82) is 0 Å². The number of hydrogen-bond donors (Lipinski definition) is 2. The summed E-state index contributed by atoms with van der Waals surface area (Å²) in [5.74, 6) is 0.852. The average Bonchev–Trinajstić information content (AvgIpc) is 3.26. The molecular weight excluding hydrogens is 458 g/mol. The number of nitrogens with zero attached hydrogens (tertiary/aromatic N) is 1. The molecule has 1 aromatic heterocycles. The van der Waals surface area contributed by atoms with E-state index in [2.05, 4.69) is 31.2 Å². The largest absolute Gasteiger partial charge is 0.492 e. The van der Waals surface area contributed by atoms with E-state index in [1.807, 2.05) is 55.5 Å². The van der Waals surface area contributed by atoms with Crippen LogP contribution in [0, 0.1) is 0 Å². The maximum absolute atomic E-state index is 13.3. The number of halogens is 1. The van der Waals surface area contributed by atoms with Crippen LogP contribution in [0.15, 0.2) is 71.5 Å². The summed E-state index contributed by atoms with van der Waals surface area (Å²) < 4.78 is 11.7. The van der Waals surface area contributed by atoms with E-state index in [0.717, 1.165) is 22.2 Å². The molecule has 6 nitrogen and oxygen atoms in total. The van der Waals surface area contributed by atoms with Crippen LogP contribution in [-0.4, -0.2) is 29.6 Å². The zero-order valence-electron chi connectivity index (χ0n) is 17.2. The van der Waals surface area contributed by atoms with Crippen LogP contribution in [0.3, 0.4) is 0 Å². The Balaban J connectivity index is 1.71. The number of hydrogen-bond acceptors (Lipinski definition) is 4. The molecule has 0 saturated heterocycles. The summed E-state index contributed by atoms with van der Waals surface area (Å²) in [6, 6.07) is 18.9. The third-order valence-corrected chi connectivity index (χ3v) is 5.55.